The van der Waals surface area contributed by atoms with Crippen molar-refractivity contribution in [1.82, 2.24) is 4.57 Å². The topological polar surface area (TPSA) is 31.2 Å². The van der Waals surface area contributed by atoms with Gasteiger partial charge in [0.1, 0.15) is 16.7 Å². The largest absolute Gasteiger partial charge is 0.464 e. The van der Waals surface area contributed by atoms with E-state index >= 15 is 0 Å². The fourth-order valence-electron chi connectivity index (χ4n) is 8.20. The Kier molecular flexibility index (Phi) is 5.38. The van der Waals surface area contributed by atoms with E-state index in [1.165, 1.54) is 60.0 Å². The molecule has 49 heavy (non-hydrogen) atoms. The Hall–Kier alpha value is -6.58. The molecule has 3 heteroatoms. The van der Waals surface area contributed by atoms with Gasteiger partial charge in [0.25, 0.3) is 0 Å². The van der Waals surface area contributed by atoms with Gasteiger partial charge in [-0.25, -0.2) is 0 Å². The number of nitrogens with zero attached hydrogens (tertiary/aromatic N) is 1. The average molecular weight is 626 g/mol. The first-order chi connectivity index (χ1) is 24.3. The van der Waals surface area contributed by atoms with Crippen LogP contribution in [0.4, 0.5) is 0 Å². The van der Waals surface area contributed by atoms with Gasteiger partial charge in [-0.05, 0) is 86.3 Å². The van der Waals surface area contributed by atoms with Gasteiger partial charge in [0.2, 0.25) is 0 Å². The second-order valence-corrected chi connectivity index (χ2v) is 12.8. The van der Waals surface area contributed by atoms with Crippen molar-refractivity contribution >= 4 is 76.3 Å². The van der Waals surface area contributed by atoms with Crippen LogP contribution in [-0.4, -0.2) is 4.57 Å². The predicted octanol–water partition coefficient (Wildman–Crippen LogP) is 13.1. The van der Waals surface area contributed by atoms with Crippen LogP contribution in [0.3, 0.4) is 0 Å². The van der Waals surface area contributed by atoms with Crippen molar-refractivity contribution in [1.29, 1.82) is 0 Å². The Morgan fingerprint density at radius 2 is 1.08 bits per heavy atom. The molecule has 8 aromatic carbocycles. The van der Waals surface area contributed by atoms with Crippen LogP contribution in [0.2, 0.25) is 0 Å². The molecule has 0 aliphatic rings. The highest BCUT2D eigenvalue weighted by Gasteiger charge is 2.21. The van der Waals surface area contributed by atoms with Crippen molar-refractivity contribution in [2.75, 3.05) is 0 Å². The Bertz CT molecular complexity index is 3050. The van der Waals surface area contributed by atoms with Crippen LogP contribution in [0.15, 0.2) is 173 Å². The summed E-state index contributed by atoms with van der Waals surface area (Å²) in [5.74, 6) is 0. The van der Waals surface area contributed by atoms with Gasteiger partial charge >= 0.3 is 0 Å². The molecular weight excluding hydrogens is 599 g/mol. The molecule has 0 unspecified atom stereocenters. The average Bonchev–Trinajstić information content (AvgIpc) is 3.86. The quantitative estimate of drug-likeness (QED) is 0.183. The van der Waals surface area contributed by atoms with Gasteiger partial charge in [0.15, 0.2) is 0 Å². The molecule has 3 nitrogen and oxygen atoms in total. The van der Waals surface area contributed by atoms with Crippen LogP contribution < -0.4 is 0 Å². The number of hydrogen-bond donors (Lipinski definition) is 0. The van der Waals surface area contributed by atoms with E-state index in [0.717, 1.165) is 44.2 Å². The summed E-state index contributed by atoms with van der Waals surface area (Å²) in [6, 6.07) is 56.8. The van der Waals surface area contributed by atoms with Crippen LogP contribution in [0, 0.1) is 0 Å². The zero-order valence-electron chi connectivity index (χ0n) is 26.4. The highest BCUT2D eigenvalue weighted by atomic mass is 16.3. The summed E-state index contributed by atoms with van der Waals surface area (Å²) in [5, 5.41) is 10.7. The lowest BCUT2D eigenvalue weighted by molar-refractivity contribution is 0.613. The van der Waals surface area contributed by atoms with Gasteiger partial charge in [-0.15, -0.1) is 0 Å². The maximum absolute atomic E-state index is 6.46. The molecule has 0 spiro atoms. The summed E-state index contributed by atoms with van der Waals surface area (Å²) in [5.41, 5.74) is 10.9. The van der Waals surface area contributed by atoms with Gasteiger partial charge in [0, 0.05) is 38.7 Å². The summed E-state index contributed by atoms with van der Waals surface area (Å²) in [7, 11) is 0. The smallest absolute Gasteiger partial charge is 0.139 e. The summed E-state index contributed by atoms with van der Waals surface area (Å²) in [6.45, 7) is 0. The first kappa shape index (κ1) is 26.5. The standard InChI is InChI=1S/C46H27NO2/c1-2-11-30(12-3-1)47-39-19-9-8-13-31(39)32-22-21-29(26-40(32)47)44-33-14-4-6-16-35(33)45(36-17-7-5-15-34(36)44)37-18-10-20-41-46(37)38-25-28-23-24-48-42(28)27-43(38)49-41/h1-27H. The summed E-state index contributed by atoms with van der Waals surface area (Å²) in [6.07, 6.45) is 1.74. The number of para-hydroxylation sites is 2. The molecule has 0 saturated carbocycles. The third kappa shape index (κ3) is 3.73. The molecule has 11 rings (SSSR count). The minimum atomic E-state index is 0.830. The molecule has 0 atom stereocenters. The molecule has 0 bridgehead atoms. The normalized spacial score (nSPS) is 12.1. The molecule has 0 amide bonds. The lowest BCUT2D eigenvalue weighted by Crippen LogP contribution is -1.94. The molecule has 0 N–H and O–H groups in total. The van der Waals surface area contributed by atoms with E-state index in [4.69, 9.17) is 8.83 Å². The number of furan rings is 2. The molecule has 0 radical (unpaired) electrons. The van der Waals surface area contributed by atoms with E-state index in [9.17, 15) is 0 Å². The van der Waals surface area contributed by atoms with Crippen molar-refractivity contribution in [3.05, 3.63) is 164 Å². The summed E-state index contributed by atoms with van der Waals surface area (Å²) >= 11 is 0. The number of hydrogen-bond acceptors (Lipinski definition) is 2. The molecule has 0 aliphatic heterocycles. The zero-order valence-corrected chi connectivity index (χ0v) is 26.4. The number of benzene rings is 8. The second-order valence-electron chi connectivity index (χ2n) is 12.8. The van der Waals surface area contributed by atoms with E-state index in [2.05, 4.69) is 150 Å². The Balaban J connectivity index is 1.25. The van der Waals surface area contributed by atoms with Crippen LogP contribution in [0.25, 0.3) is 104 Å². The molecule has 3 aromatic heterocycles. The van der Waals surface area contributed by atoms with Crippen molar-refractivity contribution in [3.8, 4) is 27.9 Å². The molecule has 0 fully saturated rings. The van der Waals surface area contributed by atoms with Crippen LogP contribution >= 0.6 is 0 Å². The van der Waals surface area contributed by atoms with Gasteiger partial charge in [0.05, 0.1) is 17.3 Å². The first-order valence-electron chi connectivity index (χ1n) is 16.7. The van der Waals surface area contributed by atoms with Crippen LogP contribution in [0.5, 0.6) is 0 Å². The minimum absolute atomic E-state index is 0.830. The maximum Gasteiger partial charge on any atom is 0.139 e. The molecule has 11 aromatic rings. The minimum Gasteiger partial charge on any atom is -0.464 e. The molecule has 3 heterocycles. The molecule has 0 saturated heterocycles. The van der Waals surface area contributed by atoms with E-state index in [-0.39, 0.29) is 0 Å². The third-order valence-corrected chi connectivity index (χ3v) is 10.2. The lowest BCUT2D eigenvalue weighted by atomic mass is 9.85. The Labute approximate surface area is 280 Å². The highest BCUT2D eigenvalue weighted by Crippen LogP contribution is 2.48. The third-order valence-electron chi connectivity index (χ3n) is 10.2. The van der Waals surface area contributed by atoms with E-state index in [1.54, 1.807) is 6.26 Å². The Morgan fingerprint density at radius 3 is 1.86 bits per heavy atom. The van der Waals surface area contributed by atoms with E-state index in [0.29, 0.717) is 0 Å². The van der Waals surface area contributed by atoms with Crippen LogP contribution in [0.1, 0.15) is 0 Å². The monoisotopic (exact) mass is 625 g/mol. The second kappa shape index (κ2) is 9.96. The zero-order chi connectivity index (χ0) is 32.1. The number of rotatable bonds is 3. The van der Waals surface area contributed by atoms with Gasteiger partial charge in [-0.3, -0.25) is 0 Å². The summed E-state index contributed by atoms with van der Waals surface area (Å²) < 4.78 is 14.6. The Morgan fingerprint density at radius 1 is 0.408 bits per heavy atom. The molecule has 228 valence electrons. The lowest BCUT2D eigenvalue weighted by Gasteiger charge is -2.18. The van der Waals surface area contributed by atoms with Crippen molar-refractivity contribution in [2.45, 2.75) is 0 Å². The van der Waals surface area contributed by atoms with Crippen molar-refractivity contribution < 1.29 is 8.83 Å². The highest BCUT2D eigenvalue weighted by molar-refractivity contribution is 6.26. The number of fused-ring (bicyclic) bond motifs is 9. The van der Waals surface area contributed by atoms with E-state index < -0.39 is 0 Å². The maximum atomic E-state index is 6.46. The predicted molar refractivity (Wildman–Crippen MR) is 204 cm³/mol. The molecule has 0 aliphatic carbocycles. The fraction of sp³-hybridized carbons (Fsp3) is 0. The van der Waals surface area contributed by atoms with Gasteiger partial charge in [-0.2, -0.15) is 0 Å². The van der Waals surface area contributed by atoms with Crippen LogP contribution in [-0.2, 0) is 0 Å². The SMILES string of the molecule is c1ccc(-n2c3ccccc3c3ccc(-c4c5ccccc5c(-c5cccc6oc7cc8occc8cc7c56)c5ccccc45)cc32)cc1. The summed E-state index contributed by atoms with van der Waals surface area (Å²) in [4.78, 5) is 0. The number of aromatic nitrogens is 1. The van der Waals surface area contributed by atoms with Gasteiger partial charge in [-0.1, -0.05) is 109 Å². The first-order valence-corrected chi connectivity index (χ1v) is 16.7. The van der Waals surface area contributed by atoms with Crippen molar-refractivity contribution in [3.63, 3.8) is 0 Å². The fourth-order valence-corrected chi connectivity index (χ4v) is 8.20. The molecular formula is C46H27NO2. The van der Waals surface area contributed by atoms with Crippen molar-refractivity contribution in [2.24, 2.45) is 0 Å². The van der Waals surface area contributed by atoms with Gasteiger partial charge < -0.3 is 13.4 Å². The van der Waals surface area contributed by atoms with E-state index in [1.807, 2.05) is 12.1 Å².